The third-order valence-corrected chi connectivity index (χ3v) is 3.99. The Morgan fingerprint density at radius 1 is 1.29 bits per heavy atom. The molecule has 1 aliphatic heterocycles. The normalized spacial score (nSPS) is 35.0. The molecular formula is C12H15NO. The van der Waals surface area contributed by atoms with E-state index < -0.39 is 0 Å². The molecule has 1 saturated heterocycles. The molecule has 1 aliphatic carbocycles. The van der Waals surface area contributed by atoms with Crippen LogP contribution in [0, 0.1) is 5.92 Å². The Kier molecular flexibility index (Phi) is 1.62. The van der Waals surface area contributed by atoms with Gasteiger partial charge in [-0.1, -0.05) is 12.1 Å². The lowest BCUT2D eigenvalue weighted by molar-refractivity contribution is 0.182. The van der Waals surface area contributed by atoms with Gasteiger partial charge in [-0.15, -0.1) is 0 Å². The third kappa shape index (κ3) is 0.947. The van der Waals surface area contributed by atoms with E-state index in [1.54, 1.807) is 12.1 Å². The maximum absolute atomic E-state index is 9.25. The van der Waals surface area contributed by atoms with Crippen LogP contribution < -0.4 is 5.32 Å². The van der Waals surface area contributed by atoms with Crippen LogP contribution in [-0.2, 0) is 5.41 Å². The fraction of sp³-hybridized carbons (Fsp3) is 0.500. The number of phenolic OH excluding ortho intramolecular Hbond substituents is 1. The smallest absolute Gasteiger partial charge is 0.115 e. The van der Waals surface area contributed by atoms with Gasteiger partial charge in [-0.25, -0.2) is 0 Å². The second-order valence-corrected chi connectivity index (χ2v) is 4.57. The van der Waals surface area contributed by atoms with Crippen molar-refractivity contribution in [2.75, 3.05) is 13.1 Å². The number of hydrogen-bond acceptors (Lipinski definition) is 2. The molecule has 2 fully saturated rings. The number of aromatic hydroxyl groups is 1. The number of rotatable bonds is 1. The van der Waals surface area contributed by atoms with Crippen molar-refractivity contribution in [1.29, 1.82) is 0 Å². The van der Waals surface area contributed by atoms with E-state index in [-0.39, 0.29) is 0 Å². The summed E-state index contributed by atoms with van der Waals surface area (Å²) in [4.78, 5) is 0. The van der Waals surface area contributed by atoms with Crippen molar-refractivity contribution in [3.63, 3.8) is 0 Å². The predicted molar refractivity (Wildman–Crippen MR) is 55.4 cm³/mol. The molecule has 0 aromatic heterocycles. The molecule has 1 heterocycles. The van der Waals surface area contributed by atoms with Crippen molar-refractivity contribution >= 4 is 0 Å². The molecule has 2 atom stereocenters. The molecular weight excluding hydrogens is 174 g/mol. The van der Waals surface area contributed by atoms with E-state index in [0.717, 1.165) is 12.5 Å². The summed E-state index contributed by atoms with van der Waals surface area (Å²) in [6.45, 7) is 2.28. The molecule has 2 aliphatic rings. The quantitative estimate of drug-likeness (QED) is 0.704. The lowest BCUT2D eigenvalue weighted by Gasteiger charge is -2.44. The van der Waals surface area contributed by atoms with Gasteiger partial charge in [-0.05, 0) is 43.0 Å². The second-order valence-electron chi connectivity index (χ2n) is 4.57. The minimum Gasteiger partial charge on any atom is -0.508 e. The first-order valence-electron chi connectivity index (χ1n) is 5.31. The van der Waals surface area contributed by atoms with E-state index in [1.807, 2.05) is 0 Å². The fourth-order valence-corrected chi connectivity index (χ4v) is 2.97. The topological polar surface area (TPSA) is 32.3 Å². The number of phenols is 1. The first-order valence-corrected chi connectivity index (χ1v) is 5.31. The van der Waals surface area contributed by atoms with Crippen LogP contribution in [0.4, 0.5) is 0 Å². The van der Waals surface area contributed by atoms with Crippen molar-refractivity contribution < 1.29 is 5.11 Å². The van der Waals surface area contributed by atoms with E-state index >= 15 is 0 Å². The zero-order valence-electron chi connectivity index (χ0n) is 8.16. The molecule has 1 aromatic rings. The summed E-state index contributed by atoms with van der Waals surface area (Å²) in [5.74, 6) is 1.19. The zero-order chi connectivity index (χ0) is 9.60. The van der Waals surface area contributed by atoms with E-state index in [9.17, 15) is 5.11 Å². The standard InChI is InChI=1S/C12H15NO/c14-11-3-1-9(2-4-11)12-6-5-10(12)7-13-8-12/h1-4,10,13-14H,5-8H2. The summed E-state index contributed by atoms with van der Waals surface area (Å²) in [5.41, 5.74) is 1.80. The molecule has 0 amide bonds. The monoisotopic (exact) mass is 189 g/mol. The largest absolute Gasteiger partial charge is 0.508 e. The molecule has 14 heavy (non-hydrogen) atoms. The van der Waals surface area contributed by atoms with Crippen LogP contribution in [0.2, 0.25) is 0 Å². The lowest BCUT2D eigenvalue weighted by atomic mass is 9.59. The Labute approximate surface area is 84.0 Å². The van der Waals surface area contributed by atoms with Gasteiger partial charge in [0.25, 0.3) is 0 Å². The van der Waals surface area contributed by atoms with Crippen molar-refractivity contribution in [2.45, 2.75) is 18.3 Å². The molecule has 1 aromatic carbocycles. The van der Waals surface area contributed by atoms with Crippen LogP contribution in [0.5, 0.6) is 5.75 Å². The van der Waals surface area contributed by atoms with Crippen LogP contribution in [0.1, 0.15) is 18.4 Å². The predicted octanol–water partition coefficient (Wildman–Crippen LogP) is 1.64. The number of benzene rings is 1. The molecule has 2 unspecified atom stereocenters. The highest BCUT2D eigenvalue weighted by Crippen LogP contribution is 2.50. The Morgan fingerprint density at radius 2 is 2.07 bits per heavy atom. The summed E-state index contributed by atoms with van der Waals surface area (Å²) in [7, 11) is 0. The van der Waals surface area contributed by atoms with Crippen LogP contribution in [0.15, 0.2) is 24.3 Å². The fourth-order valence-electron chi connectivity index (χ4n) is 2.97. The summed E-state index contributed by atoms with van der Waals surface area (Å²) < 4.78 is 0. The molecule has 0 spiro atoms. The average molecular weight is 189 g/mol. The highest BCUT2D eigenvalue weighted by Gasteiger charge is 2.50. The van der Waals surface area contributed by atoms with E-state index in [2.05, 4.69) is 17.4 Å². The van der Waals surface area contributed by atoms with Crippen molar-refractivity contribution in [3.8, 4) is 5.75 Å². The summed E-state index contributed by atoms with van der Waals surface area (Å²) >= 11 is 0. The SMILES string of the molecule is Oc1ccc(C23CCC2CNC3)cc1. The van der Waals surface area contributed by atoms with Gasteiger partial charge in [0, 0.05) is 12.0 Å². The van der Waals surface area contributed by atoms with Gasteiger partial charge in [0.2, 0.25) is 0 Å². The third-order valence-electron chi connectivity index (χ3n) is 3.99. The molecule has 2 nitrogen and oxygen atoms in total. The maximum Gasteiger partial charge on any atom is 0.115 e. The van der Waals surface area contributed by atoms with E-state index in [0.29, 0.717) is 11.2 Å². The number of nitrogens with one attached hydrogen (secondary N) is 1. The van der Waals surface area contributed by atoms with E-state index in [1.165, 1.54) is 24.9 Å². The van der Waals surface area contributed by atoms with Crippen molar-refractivity contribution in [3.05, 3.63) is 29.8 Å². The first-order chi connectivity index (χ1) is 6.81. The van der Waals surface area contributed by atoms with Gasteiger partial charge in [-0.2, -0.15) is 0 Å². The van der Waals surface area contributed by atoms with Crippen molar-refractivity contribution in [2.24, 2.45) is 5.92 Å². The van der Waals surface area contributed by atoms with Gasteiger partial charge in [0.1, 0.15) is 5.75 Å². The van der Waals surface area contributed by atoms with Crippen molar-refractivity contribution in [1.82, 2.24) is 5.32 Å². The Bertz CT molecular complexity index is 346. The van der Waals surface area contributed by atoms with Crippen LogP contribution in [0.25, 0.3) is 0 Å². The molecule has 74 valence electrons. The summed E-state index contributed by atoms with van der Waals surface area (Å²) in [6, 6.07) is 7.76. The first kappa shape index (κ1) is 8.30. The molecule has 1 saturated carbocycles. The Morgan fingerprint density at radius 3 is 2.64 bits per heavy atom. The highest BCUT2D eigenvalue weighted by atomic mass is 16.3. The lowest BCUT2D eigenvalue weighted by Crippen LogP contribution is -2.43. The maximum atomic E-state index is 9.25. The Hall–Kier alpha value is -1.02. The molecule has 0 bridgehead atoms. The highest BCUT2D eigenvalue weighted by molar-refractivity contribution is 5.36. The minimum atomic E-state index is 0.368. The summed E-state index contributed by atoms with van der Waals surface area (Å²) in [6.07, 6.45) is 2.66. The number of fused-ring (bicyclic) bond motifs is 1. The number of hydrogen-bond donors (Lipinski definition) is 2. The minimum absolute atomic E-state index is 0.368. The second kappa shape index (κ2) is 2.74. The molecule has 2 heteroatoms. The van der Waals surface area contributed by atoms with Crippen LogP contribution >= 0.6 is 0 Å². The van der Waals surface area contributed by atoms with Gasteiger partial charge < -0.3 is 10.4 Å². The van der Waals surface area contributed by atoms with Gasteiger partial charge in [0.15, 0.2) is 0 Å². The Balaban J connectivity index is 1.98. The van der Waals surface area contributed by atoms with Crippen LogP contribution in [0.3, 0.4) is 0 Å². The van der Waals surface area contributed by atoms with Gasteiger partial charge in [0.05, 0.1) is 0 Å². The summed E-state index contributed by atoms with van der Waals surface area (Å²) in [5, 5.41) is 12.7. The van der Waals surface area contributed by atoms with Gasteiger partial charge in [-0.3, -0.25) is 0 Å². The van der Waals surface area contributed by atoms with Crippen LogP contribution in [-0.4, -0.2) is 18.2 Å². The molecule has 2 N–H and O–H groups in total. The van der Waals surface area contributed by atoms with E-state index in [4.69, 9.17) is 0 Å². The van der Waals surface area contributed by atoms with Gasteiger partial charge >= 0.3 is 0 Å². The zero-order valence-corrected chi connectivity index (χ0v) is 8.16. The molecule has 3 rings (SSSR count). The molecule has 0 radical (unpaired) electrons. The average Bonchev–Trinajstić information content (AvgIpc) is 2.45.